The highest BCUT2D eigenvalue weighted by molar-refractivity contribution is 7.99. The fourth-order valence-corrected chi connectivity index (χ4v) is 5.33. The van der Waals surface area contributed by atoms with E-state index in [4.69, 9.17) is 9.47 Å². The van der Waals surface area contributed by atoms with Crippen molar-refractivity contribution in [1.29, 1.82) is 0 Å². The van der Waals surface area contributed by atoms with Crippen LogP contribution in [-0.2, 0) is 4.79 Å². The number of aromatic nitrogens is 3. The van der Waals surface area contributed by atoms with Gasteiger partial charge in [0.05, 0.1) is 12.9 Å². The maximum absolute atomic E-state index is 13.3. The van der Waals surface area contributed by atoms with Gasteiger partial charge in [-0.25, -0.2) is 4.39 Å². The standard InChI is InChI=1S/C29H30FN5O3S/c1-21(38-26-10-6-9-25(19-26)37-2)28-31-32-29(35(28)24-7-4-3-5-8-24)39-20-27(36)34-17-15-33(16-18-34)23-13-11-22(30)12-14-23/h3-14,19,21H,15-18,20H2,1-2H3. The van der Waals surface area contributed by atoms with Crippen LogP contribution in [0.25, 0.3) is 5.69 Å². The van der Waals surface area contributed by atoms with Gasteiger partial charge in [0.25, 0.3) is 0 Å². The molecule has 5 rings (SSSR count). The Morgan fingerprint density at radius 2 is 1.64 bits per heavy atom. The van der Waals surface area contributed by atoms with Crippen LogP contribution in [0.15, 0.2) is 84.0 Å². The molecule has 202 valence electrons. The van der Waals surface area contributed by atoms with E-state index < -0.39 is 6.10 Å². The third-order valence-corrected chi connectivity index (χ3v) is 7.45. The predicted molar refractivity (Wildman–Crippen MR) is 149 cm³/mol. The Morgan fingerprint density at radius 1 is 0.923 bits per heavy atom. The zero-order valence-electron chi connectivity index (χ0n) is 21.9. The molecule has 1 amide bonds. The minimum Gasteiger partial charge on any atom is -0.497 e. The SMILES string of the molecule is COc1cccc(OC(C)c2nnc(SCC(=O)N3CCN(c4ccc(F)cc4)CC3)n2-c2ccccc2)c1. The summed E-state index contributed by atoms with van der Waals surface area (Å²) in [7, 11) is 1.62. The normalized spacial score (nSPS) is 14.2. The number of benzene rings is 3. The number of para-hydroxylation sites is 1. The Balaban J connectivity index is 1.26. The summed E-state index contributed by atoms with van der Waals surface area (Å²) < 4.78 is 26.7. The number of amides is 1. The molecule has 0 radical (unpaired) electrons. The monoisotopic (exact) mass is 547 g/mol. The Bertz CT molecular complexity index is 1390. The van der Waals surface area contributed by atoms with Crippen molar-refractivity contribution in [3.8, 4) is 17.2 Å². The summed E-state index contributed by atoms with van der Waals surface area (Å²) in [5.41, 5.74) is 1.85. The first-order valence-electron chi connectivity index (χ1n) is 12.7. The number of carbonyl (C=O) groups excluding carboxylic acids is 1. The zero-order valence-corrected chi connectivity index (χ0v) is 22.7. The Morgan fingerprint density at radius 3 is 2.36 bits per heavy atom. The number of thioether (sulfide) groups is 1. The second-order valence-corrected chi connectivity index (χ2v) is 10.0. The third kappa shape index (κ3) is 6.34. The lowest BCUT2D eigenvalue weighted by atomic mass is 10.2. The van der Waals surface area contributed by atoms with Crippen molar-refractivity contribution in [3.63, 3.8) is 0 Å². The molecule has 1 unspecified atom stereocenters. The number of halogens is 1. The Hall–Kier alpha value is -4.05. The summed E-state index contributed by atoms with van der Waals surface area (Å²) in [4.78, 5) is 17.1. The molecule has 1 atom stereocenters. The van der Waals surface area contributed by atoms with Crippen LogP contribution >= 0.6 is 11.8 Å². The number of ether oxygens (including phenoxy) is 2. The fourth-order valence-electron chi connectivity index (χ4n) is 4.47. The quantitative estimate of drug-likeness (QED) is 0.273. The van der Waals surface area contributed by atoms with Gasteiger partial charge in [0.1, 0.15) is 17.3 Å². The first kappa shape index (κ1) is 26.6. The van der Waals surface area contributed by atoms with Gasteiger partial charge < -0.3 is 19.3 Å². The summed E-state index contributed by atoms with van der Waals surface area (Å²) in [5, 5.41) is 9.50. The molecular weight excluding hydrogens is 517 g/mol. The number of rotatable bonds is 9. The van der Waals surface area contributed by atoms with Crippen LogP contribution in [0.1, 0.15) is 18.9 Å². The van der Waals surface area contributed by atoms with Crippen LogP contribution in [0.4, 0.5) is 10.1 Å². The smallest absolute Gasteiger partial charge is 0.233 e. The summed E-state index contributed by atoms with van der Waals surface area (Å²) in [6.45, 7) is 4.54. The van der Waals surface area contributed by atoms with Crippen LogP contribution in [0.2, 0.25) is 0 Å². The van der Waals surface area contributed by atoms with E-state index in [1.54, 1.807) is 19.2 Å². The van der Waals surface area contributed by atoms with Gasteiger partial charge in [-0.3, -0.25) is 9.36 Å². The average Bonchev–Trinajstić information content (AvgIpc) is 3.41. The average molecular weight is 548 g/mol. The Kier molecular flexibility index (Phi) is 8.31. The molecule has 1 fully saturated rings. The largest absolute Gasteiger partial charge is 0.497 e. The minimum absolute atomic E-state index is 0.0450. The lowest BCUT2D eigenvalue weighted by molar-refractivity contribution is -0.128. The molecule has 0 aliphatic carbocycles. The highest BCUT2D eigenvalue weighted by atomic mass is 32.2. The number of methoxy groups -OCH3 is 1. The fraction of sp³-hybridized carbons (Fsp3) is 0.276. The molecule has 4 aromatic rings. The molecule has 1 aliphatic heterocycles. The van der Waals surface area contributed by atoms with Gasteiger partial charge in [0.2, 0.25) is 5.91 Å². The Labute approximate surface area is 231 Å². The predicted octanol–water partition coefficient (Wildman–Crippen LogP) is 5.00. The highest BCUT2D eigenvalue weighted by Crippen LogP contribution is 2.29. The molecular formula is C29H30FN5O3S. The maximum atomic E-state index is 13.3. The second-order valence-electron chi connectivity index (χ2n) is 9.08. The maximum Gasteiger partial charge on any atom is 0.233 e. The van der Waals surface area contributed by atoms with E-state index in [-0.39, 0.29) is 17.5 Å². The molecule has 2 heterocycles. The van der Waals surface area contributed by atoms with Crippen LogP contribution in [0.3, 0.4) is 0 Å². The van der Waals surface area contributed by atoms with Crippen molar-refractivity contribution in [1.82, 2.24) is 19.7 Å². The third-order valence-electron chi connectivity index (χ3n) is 6.54. The van der Waals surface area contributed by atoms with Gasteiger partial charge in [0.15, 0.2) is 17.1 Å². The first-order valence-corrected chi connectivity index (χ1v) is 13.7. The molecule has 0 spiro atoms. The highest BCUT2D eigenvalue weighted by Gasteiger charge is 2.25. The van der Waals surface area contributed by atoms with E-state index in [2.05, 4.69) is 15.1 Å². The molecule has 39 heavy (non-hydrogen) atoms. The lowest BCUT2D eigenvalue weighted by Crippen LogP contribution is -2.49. The zero-order chi connectivity index (χ0) is 27.2. The summed E-state index contributed by atoms with van der Waals surface area (Å²) in [6.07, 6.45) is -0.408. The van der Waals surface area contributed by atoms with Crippen molar-refractivity contribution in [3.05, 3.63) is 90.5 Å². The number of hydrogen-bond donors (Lipinski definition) is 0. The van der Waals surface area contributed by atoms with E-state index in [1.165, 1.54) is 23.9 Å². The van der Waals surface area contributed by atoms with E-state index in [9.17, 15) is 9.18 Å². The molecule has 8 nitrogen and oxygen atoms in total. The minimum atomic E-state index is -0.408. The summed E-state index contributed by atoms with van der Waals surface area (Å²) in [5.74, 6) is 2.03. The van der Waals surface area contributed by atoms with E-state index in [0.717, 1.165) is 11.4 Å². The van der Waals surface area contributed by atoms with Crippen LogP contribution < -0.4 is 14.4 Å². The van der Waals surface area contributed by atoms with Crippen molar-refractivity contribution >= 4 is 23.4 Å². The van der Waals surface area contributed by atoms with Crippen molar-refractivity contribution in [2.45, 2.75) is 18.2 Å². The summed E-state index contributed by atoms with van der Waals surface area (Å²) >= 11 is 1.36. The molecule has 10 heteroatoms. The molecule has 0 bridgehead atoms. The van der Waals surface area contributed by atoms with E-state index >= 15 is 0 Å². The van der Waals surface area contributed by atoms with Gasteiger partial charge in [-0.15, -0.1) is 10.2 Å². The second kappa shape index (κ2) is 12.2. The van der Waals surface area contributed by atoms with Gasteiger partial charge in [0, 0.05) is 43.6 Å². The topological polar surface area (TPSA) is 72.7 Å². The van der Waals surface area contributed by atoms with Crippen molar-refractivity contribution in [2.24, 2.45) is 0 Å². The van der Waals surface area contributed by atoms with Crippen molar-refractivity contribution in [2.75, 3.05) is 43.9 Å². The number of nitrogens with zero attached hydrogens (tertiary/aromatic N) is 5. The van der Waals surface area contributed by atoms with E-state index in [1.807, 2.05) is 71.0 Å². The van der Waals surface area contributed by atoms with Gasteiger partial charge in [-0.2, -0.15) is 0 Å². The number of anilines is 1. The molecule has 3 aromatic carbocycles. The van der Waals surface area contributed by atoms with Crippen LogP contribution in [0, 0.1) is 5.82 Å². The summed E-state index contributed by atoms with van der Waals surface area (Å²) in [6, 6.07) is 23.7. The number of hydrogen-bond acceptors (Lipinski definition) is 7. The van der Waals surface area contributed by atoms with Gasteiger partial charge >= 0.3 is 0 Å². The number of carbonyl (C=O) groups is 1. The molecule has 0 saturated carbocycles. The first-order chi connectivity index (χ1) is 19.0. The molecule has 1 aliphatic rings. The lowest BCUT2D eigenvalue weighted by Gasteiger charge is -2.36. The van der Waals surface area contributed by atoms with E-state index in [0.29, 0.717) is 48.7 Å². The molecule has 1 aromatic heterocycles. The molecule has 1 saturated heterocycles. The van der Waals surface area contributed by atoms with Gasteiger partial charge in [-0.1, -0.05) is 36.0 Å². The van der Waals surface area contributed by atoms with Gasteiger partial charge in [-0.05, 0) is 55.5 Å². The number of piperazine rings is 1. The van der Waals surface area contributed by atoms with Crippen LogP contribution in [-0.4, -0.2) is 64.6 Å². The van der Waals surface area contributed by atoms with Crippen LogP contribution in [0.5, 0.6) is 11.5 Å². The van der Waals surface area contributed by atoms with Crippen molar-refractivity contribution < 1.29 is 18.7 Å². The molecule has 0 N–H and O–H groups in total.